The van der Waals surface area contributed by atoms with Gasteiger partial charge in [-0.2, -0.15) is 10.5 Å². The van der Waals surface area contributed by atoms with Crippen LogP contribution in [0, 0.1) is 34.5 Å². The Kier molecular flexibility index (Phi) is 4.84. The number of benzene rings is 2. The van der Waals surface area contributed by atoms with Gasteiger partial charge in [-0.15, -0.1) is 0 Å². The fraction of sp³-hybridized carbons (Fsp3) is 0.320. The van der Waals surface area contributed by atoms with Crippen LogP contribution in [0.25, 0.3) is 0 Å². The molecular formula is C25H20BrN3O2. The number of fused-ring (bicyclic) bond motifs is 4. The summed E-state index contributed by atoms with van der Waals surface area (Å²) in [6.07, 6.45) is 3.51. The van der Waals surface area contributed by atoms with Gasteiger partial charge in [0.25, 0.3) is 5.91 Å². The molecule has 2 aromatic rings. The Morgan fingerprint density at radius 2 is 1.84 bits per heavy atom. The molecule has 1 spiro atoms. The van der Waals surface area contributed by atoms with Gasteiger partial charge in [0.15, 0.2) is 0 Å². The van der Waals surface area contributed by atoms with Crippen molar-refractivity contribution in [3.05, 3.63) is 75.5 Å². The molecule has 154 valence electrons. The molecule has 5 nitrogen and oxygen atoms in total. The van der Waals surface area contributed by atoms with Crippen LogP contribution in [0.5, 0.6) is 0 Å². The molecule has 0 aromatic heterocycles. The molecule has 1 aliphatic carbocycles. The number of halogens is 1. The van der Waals surface area contributed by atoms with Gasteiger partial charge in [0.2, 0.25) is 11.4 Å². The summed E-state index contributed by atoms with van der Waals surface area (Å²) in [4.78, 5) is 15.9. The van der Waals surface area contributed by atoms with Gasteiger partial charge >= 0.3 is 0 Å². The summed E-state index contributed by atoms with van der Waals surface area (Å²) in [5, 5.41) is 19.6. The molecule has 0 radical (unpaired) electrons. The lowest BCUT2D eigenvalue weighted by Gasteiger charge is -2.46. The van der Waals surface area contributed by atoms with Crippen molar-refractivity contribution in [2.75, 3.05) is 4.90 Å². The van der Waals surface area contributed by atoms with Crippen molar-refractivity contribution in [1.29, 1.82) is 10.5 Å². The number of anilines is 1. The molecule has 1 amide bonds. The molecule has 3 unspecified atom stereocenters. The van der Waals surface area contributed by atoms with Gasteiger partial charge in [-0.1, -0.05) is 65.2 Å². The Morgan fingerprint density at radius 3 is 2.58 bits per heavy atom. The minimum Gasteiger partial charge on any atom is -0.461 e. The van der Waals surface area contributed by atoms with E-state index in [9.17, 15) is 15.3 Å². The first-order chi connectivity index (χ1) is 15.1. The minimum absolute atomic E-state index is 0.0118. The summed E-state index contributed by atoms with van der Waals surface area (Å²) in [5.41, 5.74) is 1.69. The number of amides is 1. The highest BCUT2D eigenvalue weighted by molar-refractivity contribution is 9.10. The third-order valence-electron chi connectivity index (χ3n) is 6.79. The zero-order valence-electron chi connectivity index (χ0n) is 16.8. The fourth-order valence-electron chi connectivity index (χ4n) is 5.52. The van der Waals surface area contributed by atoms with E-state index >= 15 is 0 Å². The second kappa shape index (κ2) is 7.55. The average molecular weight is 474 g/mol. The molecule has 5 rings (SSSR count). The number of allylic oxidation sites excluding steroid dienone is 2. The van der Waals surface area contributed by atoms with Crippen LogP contribution < -0.4 is 4.90 Å². The molecule has 3 aliphatic rings. The smallest absolute Gasteiger partial charge is 0.276 e. The van der Waals surface area contributed by atoms with E-state index in [1.807, 2.05) is 48.5 Å². The second-order valence-electron chi connectivity index (χ2n) is 8.31. The highest BCUT2D eigenvalue weighted by atomic mass is 79.9. The third kappa shape index (κ3) is 2.82. The number of nitrogens with zero attached hydrogens (tertiary/aromatic N) is 3. The van der Waals surface area contributed by atoms with Crippen LogP contribution in [0.15, 0.2) is 64.3 Å². The number of carbonyl (C=O) groups is 1. The summed E-state index contributed by atoms with van der Waals surface area (Å²) in [6.45, 7) is 0.419. The number of rotatable bonds is 2. The first-order valence-electron chi connectivity index (χ1n) is 10.5. The lowest BCUT2D eigenvalue weighted by molar-refractivity contribution is -0.153. The highest BCUT2D eigenvalue weighted by Crippen LogP contribution is 2.59. The van der Waals surface area contributed by atoms with E-state index in [1.165, 1.54) is 0 Å². The summed E-state index contributed by atoms with van der Waals surface area (Å²) in [5.74, 6) is -0.497. The van der Waals surface area contributed by atoms with Crippen LogP contribution in [0.1, 0.15) is 36.8 Å². The Morgan fingerprint density at radius 1 is 1.06 bits per heavy atom. The van der Waals surface area contributed by atoms with Gasteiger partial charge in [-0.3, -0.25) is 4.79 Å². The molecule has 0 saturated heterocycles. The molecule has 2 aliphatic heterocycles. The average Bonchev–Trinajstić information content (AvgIpc) is 3.04. The molecule has 2 aromatic carbocycles. The van der Waals surface area contributed by atoms with Gasteiger partial charge in [-0.25, -0.2) is 0 Å². The number of hydrogen-bond donors (Lipinski definition) is 0. The quantitative estimate of drug-likeness (QED) is 0.590. The van der Waals surface area contributed by atoms with E-state index in [0.29, 0.717) is 12.1 Å². The van der Waals surface area contributed by atoms with Gasteiger partial charge in [0.1, 0.15) is 6.07 Å². The highest BCUT2D eigenvalue weighted by Gasteiger charge is 2.63. The molecule has 6 heteroatoms. The van der Waals surface area contributed by atoms with Gasteiger partial charge in [0.05, 0.1) is 23.9 Å². The predicted octanol–water partition coefficient (Wildman–Crippen LogP) is 5.33. The monoisotopic (exact) mass is 473 g/mol. The van der Waals surface area contributed by atoms with E-state index in [1.54, 1.807) is 4.90 Å². The molecule has 0 bridgehead atoms. The van der Waals surface area contributed by atoms with Crippen molar-refractivity contribution in [2.45, 2.75) is 37.8 Å². The maximum Gasteiger partial charge on any atom is 0.276 e. The third-order valence-corrected chi connectivity index (χ3v) is 7.45. The lowest BCUT2D eigenvalue weighted by atomic mass is 9.64. The minimum atomic E-state index is -1.29. The standard InChI is InChI=1S/C25H20BrN3O2/c26-20-11-6-12-21-23(20)25(24(30)29(21)15-16-7-2-1-3-8-16)19-10-5-4-9-17(19)18(13-27)22(14-28)31-25/h1-3,6-8,11-12,17,19H,4-5,9-10,15H2. The Balaban J connectivity index is 1.72. The van der Waals surface area contributed by atoms with Crippen molar-refractivity contribution in [1.82, 2.24) is 0 Å². The normalized spacial score (nSPS) is 26.7. The lowest BCUT2D eigenvalue weighted by Crippen LogP contribution is -2.53. The predicted molar refractivity (Wildman–Crippen MR) is 118 cm³/mol. The van der Waals surface area contributed by atoms with E-state index in [2.05, 4.69) is 28.1 Å². The number of nitriles is 2. The number of hydrogen-bond acceptors (Lipinski definition) is 4. The van der Waals surface area contributed by atoms with E-state index in [0.717, 1.165) is 47.0 Å². The largest absolute Gasteiger partial charge is 0.461 e. The molecular weight excluding hydrogens is 454 g/mol. The van der Waals surface area contributed by atoms with Gasteiger partial charge in [0, 0.05) is 21.9 Å². The summed E-state index contributed by atoms with van der Waals surface area (Å²) in [7, 11) is 0. The number of carbonyl (C=O) groups excluding carboxylic acids is 1. The van der Waals surface area contributed by atoms with Crippen LogP contribution in [0.2, 0.25) is 0 Å². The van der Waals surface area contributed by atoms with E-state index in [-0.39, 0.29) is 23.5 Å². The van der Waals surface area contributed by atoms with Crippen molar-refractivity contribution in [3.63, 3.8) is 0 Å². The van der Waals surface area contributed by atoms with Crippen LogP contribution in [0.4, 0.5) is 5.69 Å². The summed E-state index contributed by atoms with van der Waals surface area (Å²) in [6, 6.07) is 19.9. The van der Waals surface area contributed by atoms with Crippen LogP contribution >= 0.6 is 15.9 Å². The maximum absolute atomic E-state index is 14.2. The van der Waals surface area contributed by atoms with Crippen molar-refractivity contribution in [3.8, 4) is 12.1 Å². The first-order valence-corrected chi connectivity index (χ1v) is 11.3. The van der Waals surface area contributed by atoms with Gasteiger partial charge in [-0.05, 0) is 30.5 Å². The first kappa shape index (κ1) is 19.8. The number of ether oxygens (including phenoxy) is 1. The summed E-state index contributed by atoms with van der Waals surface area (Å²) >= 11 is 3.67. The summed E-state index contributed by atoms with van der Waals surface area (Å²) < 4.78 is 7.11. The van der Waals surface area contributed by atoms with Crippen LogP contribution in [-0.2, 0) is 21.7 Å². The Hall–Kier alpha value is -3.09. The molecule has 2 heterocycles. The van der Waals surface area contributed by atoms with Crippen molar-refractivity contribution >= 4 is 27.5 Å². The van der Waals surface area contributed by atoms with Crippen molar-refractivity contribution in [2.24, 2.45) is 11.8 Å². The molecule has 1 fully saturated rings. The molecule has 31 heavy (non-hydrogen) atoms. The van der Waals surface area contributed by atoms with Gasteiger partial charge < -0.3 is 9.64 Å². The molecule has 1 saturated carbocycles. The fourth-order valence-corrected chi connectivity index (χ4v) is 6.17. The Labute approximate surface area is 189 Å². The van der Waals surface area contributed by atoms with Crippen molar-refractivity contribution < 1.29 is 9.53 Å². The topological polar surface area (TPSA) is 77.1 Å². The molecule has 3 atom stereocenters. The van der Waals surface area contributed by atoms with Crippen LogP contribution in [0.3, 0.4) is 0 Å². The zero-order valence-corrected chi connectivity index (χ0v) is 18.4. The van der Waals surface area contributed by atoms with E-state index < -0.39 is 5.60 Å². The van der Waals surface area contributed by atoms with E-state index in [4.69, 9.17) is 4.74 Å². The molecule has 0 N–H and O–H groups in total. The maximum atomic E-state index is 14.2. The zero-order chi connectivity index (χ0) is 21.6. The second-order valence-corrected chi connectivity index (χ2v) is 9.17. The Bertz CT molecular complexity index is 1180. The van der Waals surface area contributed by atoms with Crippen LogP contribution in [-0.4, -0.2) is 5.91 Å². The SMILES string of the molecule is N#CC1=C(C#N)C2CCCCC2C2(O1)C(=O)N(Cc1ccccc1)c1cccc(Br)c12.